The van der Waals surface area contributed by atoms with Crippen LogP contribution in [0.3, 0.4) is 0 Å². The number of benzene rings is 1. The van der Waals surface area contributed by atoms with E-state index in [1.807, 2.05) is 0 Å². The van der Waals surface area contributed by atoms with Crippen LogP contribution in [-0.4, -0.2) is 65.9 Å². The third-order valence-corrected chi connectivity index (χ3v) is 8.07. The first-order valence-corrected chi connectivity index (χ1v) is 13.7. The Morgan fingerprint density at radius 3 is 2.45 bits per heavy atom. The topological polar surface area (TPSA) is 135 Å². The molecule has 0 spiro atoms. The highest BCUT2D eigenvalue weighted by Crippen LogP contribution is 2.49. The van der Waals surface area contributed by atoms with Gasteiger partial charge in [0.1, 0.15) is 11.9 Å². The summed E-state index contributed by atoms with van der Waals surface area (Å²) in [6, 6.07) is 9.05. The summed E-state index contributed by atoms with van der Waals surface area (Å²) in [7, 11) is 0. The van der Waals surface area contributed by atoms with Crippen LogP contribution in [0.2, 0.25) is 5.02 Å². The maximum atomic E-state index is 13.6. The Balaban J connectivity index is 1.20. The molecule has 2 amide bonds. The van der Waals surface area contributed by atoms with Crippen LogP contribution < -0.4 is 10.1 Å². The van der Waals surface area contributed by atoms with Crippen molar-refractivity contribution in [2.75, 3.05) is 13.1 Å². The zero-order chi connectivity index (χ0) is 29.8. The fraction of sp³-hybridized carbons (Fsp3) is 0.310. The molecule has 4 aromatic rings. The van der Waals surface area contributed by atoms with Gasteiger partial charge in [-0.1, -0.05) is 11.6 Å². The fourth-order valence-corrected chi connectivity index (χ4v) is 5.90. The van der Waals surface area contributed by atoms with E-state index in [4.69, 9.17) is 16.3 Å². The number of hydrogen-bond donors (Lipinski definition) is 2. The van der Waals surface area contributed by atoms with E-state index in [0.29, 0.717) is 47.1 Å². The molecule has 1 aliphatic carbocycles. The second kappa shape index (κ2) is 10.4. The molecular formula is C29H27ClFN7O4. The van der Waals surface area contributed by atoms with Gasteiger partial charge in [0.2, 0.25) is 11.8 Å². The molecule has 3 aromatic heterocycles. The van der Waals surface area contributed by atoms with Gasteiger partial charge in [0.25, 0.3) is 5.91 Å². The molecule has 2 N–H and O–H groups in total. The van der Waals surface area contributed by atoms with Crippen molar-refractivity contribution in [3.05, 3.63) is 82.6 Å². The van der Waals surface area contributed by atoms with Gasteiger partial charge in [-0.25, -0.2) is 28.8 Å². The summed E-state index contributed by atoms with van der Waals surface area (Å²) in [6.07, 6.45) is 3.49. The first kappa shape index (κ1) is 27.6. The molecule has 0 bridgehead atoms. The number of aryl methyl sites for hydroxylation is 1. The normalized spacial score (nSPS) is 19.4. The van der Waals surface area contributed by atoms with E-state index in [2.05, 4.69) is 25.4 Å². The van der Waals surface area contributed by atoms with Crippen LogP contribution in [0.25, 0.3) is 17.2 Å². The van der Waals surface area contributed by atoms with Crippen LogP contribution in [-0.2, 0) is 5.54 Å². The third kappa shape index (κ3) is 5.13. The number of piperidine rings is 1. The molecule has 2 aliphatic rings. The number of ether oxygens (including phenoxy) is 1. The van der Waals surface area contributed by atoms with Gasteiger partial charge in [-0.05, 0) is 51.1 Å². The molecule has 0 radical (unpaired) electrons. The van der Waals surface area contributed by atoms with E-state index in [-0.39, 0.29) is 34.7 Å². The molecule has 216 valence electrons. The van der Waals surface area contributed by atoms with Crippen molar-refractivity contribution in [2.24, 2.45) is 11.8 Å². The summed E-state index contributed by atoms with van der Waals surface area (Å²) in [5, 5.41) is 16.5. The molecule has 42 heavy (non-hydrogen) atoms. The van der Waals surface area contributed by atoms with Crippen molar-refractivity contribution in [3.63, 3.8) is 0 Å². The number of amides is 2. The fourth-order valence-electron chi connectivity index (χ4n) is 5.46. The Bertz CT molecular complexity index is 1670. The number of carboxylic acid groups (broad SMARTS) is 1. The smallest absolute Gasteiger partial charge is 0.405 e. The number of pyridine rings is 1. The van der Waals surface area contributed by atoms with Gasteiger partial charge in [0.15, 0.2) is 0 Å². The van der Waals surface area contributed by atoms with Crippen molar-refractivity contribution in [3.8, 4) is 23.1 Å². The van der Waals surface area contributed by atoms with Crippen LogP contribution >= 0.6 is 11.6 Å². The molecule has 3 atom stereocenters. The second-order valence-corrected chi connectivity index (χ2v) is 11.4. The van der Waals surface area contributed by atoms with Crippen LogP contribution in [0.5, 0.6) is 5.88 Å². The standard InChI is InChI=1S/C29H27ClFN7O4/c1-15-18(14-38(36-15)27-32-9-4-10-33-27)26(39)37-12-19-20(13-37)25(19)42-22-11-21(29(2,3)35-28(40)41)23(30)24(34-22)16-5-7-17(31)8-6-16/h4-11,14,19-20,25,35H,12-13H2,1-3H3,(H,40,41)/t19-,20+,25-. The van der Waals surface area contributed by atoms with Gasteiger partial charge < -0.3 is 20.1 Å². The zero-order valence-electron chi connectivity index (χ0n) is 23.0. The number of carbonyl (C=O) groups excluding carboxylic acids is 1. The number of aromatic nitrogens is 5. The molecule has 4 heterocycles. The van der Waals surface area contributed by atoms with E-state index in [1.165, 1.54) is 16.8 Å². The highest BCUT2D eigenvalue weighted by molar-refractivity contribution is 6.34. The summed E-state index contributed by atoms with van der Waals surface area (Å²) in [4.78, 5) is 39.6. The molecular weight excluding hydrogens is 565 g/mol. The van der Waals surface area contributed by atoms with E-state index in [9.17, 15) is 19.1 Å². The molecule has 0 unspecified atom stereocenters. The Kier molecular flexibility index (Phi) is 6.80. The summed E-state index contributed by atoms with van der Waals surface area (Å²) >= 11 is 6.73. The molecule has 1 saturated carbocycles. The maximum Gasteiger partial charge on any atom is 0.405 e. The van der Waals surface area contributed by atoms with E-state index >= 15 is 0 Å². The van der Waals surface area contributed by atoms with Crippen LogP contribution in [0.4, 0.5) is 9.18 Å². The number of carbonyl (C=O) groups is 2. The minimum Gasteiger partial charge on any atom is -0.474 e. The number of nitrogens with one attached hydrogen (secondary N) is 1. The maximum absolute atomic E-state index is 13.6. The Hall–Kier alpha value is -4.58. The van der Waals surface area contributed by atoms with Gasteiger partial charge in [0, 0.05) is 60.7 Å². The molecule has 11 nitrogen and oxygen atoms in total. The minimum atomic E-state index is -1.21. The Morgan fingerprint density at radius 2 is 1.81 bits per heavy atom. The second-order valence-electron chi connectivity index (χ2n) is 11.0. The average molecular weight is 592 g/mol. The molecule has 2 fully saturated rings. The quantitative estimate of drug-likeness (QED) is 0.321. The monoisotopic (exact) mass is 591 g/mol. The van der Waals surface area contributed by atoms with Crippen molar-refractivity contribution in [2.45, 2.75) is 32.4 Å². The highest BCUT2D eigenvalue weighted by Gasteiger charge is 2.59. The van der Waals surface area contributed by atoms with Crippen molar-refractivity contribution in [1.29, 1.82) is 0 Å². The third-order valence-electron chi connectivity index (χ3n) is 7.69. The van der Waals surface area contributed by atoms with Gasteiger partial charge in [0.05, 0.1) is 27.5 Å². The minimum absolute atomic E-state index is 0.113. The lowest BCUT2D eigenvalue weighted by molar-refractivity contribution is 0.0750. The first-order valence-electron chi connectivity index (χ1n) is 13.3. The van der Waals surface area contributed by atoms with E-state index in [0.717, 1.165) is 0 Å². The average Bonchev–Trinajstić information content (AvgIpc) is 3.26. The lowest BCUT2D eigenvalue weighted by Crippen LogP contribution is -2.40. The number of rotatable bonds is 7. The lowest BCUT2D eigenvalue weighted by atomic mass is 9.93. The van der Waals surface area contributed by atoms with Crippen molar-refractivity contribution in [1.82, 2.24) is 34.9 Å². The lowest BCUT2D eigenvalue weighted by Gasteiger charge is -2.28. The first-order chi connectivity index (χ1) is 20.0. The number of hydrogen-bond acceptors (Lipinski definition) is 7. The highest BCUT2D eigenvalue weighted by atomic mass is 35.5. The van der Waals surface area contributed by atoms with Gasteiger partial charge in [-0.15, -0.1) is 0 Å². The molecule has 13 heteroatoms. The van der Waals surface area contributed by atoms with Crippen LogP contribution in [0, 0.1) is 24.6 Å². The molecule has 6 rings (SSSR count). The van der Waals surface area contributed by atoms with Crippen LogP contribution in [0.1, 0.15) is 35.5 Å². The summed E-state index contributed by atoms with van der Waals surface area (Å²) < 4.78 is 21.4. The number of halogens is 2. The molecule has 1 aromatic carbocycles. The summed E-state index contributed by atoms with van der Waals surface area (Å²) in [5.41, 5.74) is 1.38. The Morgan fingerprint density at radius 1 is 1.14 bits per heavy atom. The van der Waals surface area contributed by atoms with Crippen molar-refractivity contribution >= 4 is 23.6 Å². The van der Waals surface area contributed by atoms with Crippen molar-refractivity contribution < 1.29 is 23.8 Å². The zero-order valence-corrected chi connectivity index (χ0v) is 23.7. The summed E-state index contributed by atoms with van der Waals surface area (Å²) in [6.45, 7) is 6.17. The molecule has 1 aliphatic heterocycles. The van der Waals surface area contributed by atoms with E-state index < -0.39 is 17.4 Å². The molecule has 1 saturated heterocycles. The van der Waals surface area contributed by atoms with Gasteiger partial charge in [-0.2, -0.15) is 5.10 Å². The van der Waals surface area contributed by atoms with Crippen LogP contribution in [0.15, 0.2) is 55.0 Å². The number of likely N-dealkylation sites (tertiary alicyclic amines) is 1. The van der Waals surface area contributed by atoms with Gasteiger partial charge >= 0.3 is 6.09 Å². The predicted octanol–water partition coefficient (Wildman–Crippen LogP) is 4.48. The largest absolute Gasteiger partial charge is 0.474 e. The summed E-state index contributed by atoms with van der Waals surface area (Å²) in [5.74, 6) is 0.355. The van der Waals surface area contributed by atoms with E-state index in [1.54, 1.807) is 68.5 Å². The predicted molar refractivity (Wildman–Crippen MR) is 150 cm³/mol. The SMILES string of the molecule is Cc1nn(-c2ncccn2)cc1C(=O)N1C[C@@H]2[C@H](C1)[C@@H]2Oc1cc(C(C)(C)NC(=O)O)c(Cl)c(-c2ccc(F)cc2)n1. The number of nitrogens with zero attached hydrogens (tertiary/aromatic N) is 6. The number of fused-ring (bicyclic) bond motifs is 1. The Labute approximate surface area is 245 Å². The van der Waals surface area contributed by atoms with Gasteiger partial charge in [-0.3, -0.25) is 4.79 Å².